The summed E-state index contributed by atoms with van der Waals surface area (Å²) in [5, 5.41) is 138. The molecule has 2 aliphatic rings. The molecule has 2 aliphatic carbocycles. The second kappa shape index (κ2) is 28.4. The minimum absolute atomic E-state index is 0. The van der Waals surface area contributed by atoms with Crippen molar-refractivity contribution in [3.8, 4) is 0 Å². The van der Waals surface area contributed by atoms with Crippen molar-refractivity contribution in [1.29, 1.82) is 0 Å². The van der Waals surface area contributed by atoms with Crippen LogP contribution in [-0.2, 0) is 102 Å². The second-order valence-electron chi connectivity index (χ2n) is 11.7. The van der Waals surface area contributed by atoms with Gasteiger partial charge >= 0.3 is 29.8 Å². The van der Waals surface area contributed by atoms with E-state index < -0.39 is 96.3 Å². The van der Waals surface area contributed by atoms with E-state index in [4.69, 9.17) is 30.6 Å². The summed E-state index contributed by atoms with van der Waals surface area (Å²) in [5.41, 5.74) is -4.50. The molecule has 0 bridgehead atoms. The van der Waals surface area contributed by atoms with Crippen molar-refractivity contribution in [3.63, 3.8) is 0 Å². The summed E-state index contributed by atoms with van der Waals surface area (Å²) in [5.74, 6) is -5.87. The number of hydrogen-bond donors (Lipinski definition) is 12. The molecule has 23 nitrogen and oxygen atoms in total. The molecule has 2 saturated carbocycles. The van der Waals surface area contributed by atoms with Crippen LogP contribution >= 0.6 is 0 Å². The smallest absolute Gasteiger partial charge is 0.301 e. The number of aliphatic hydroxyl groups excluding tert-OH is 5. The van der Waals surface area contributed by atoms with E-state index in [-0.39, 0.29) is 155 Å². The fourth-order valence-corrected chi connectivity index (χ4v) is 5.21. The molecule has 0 radical (unpaired) electrons. The van der Waals surface area contributed by atoms with Crippen LogP contribution in [0.15, 0.2) is 12.3 Å². The van der Waals surface area contributed by atoms with Gasteiger partial charge in [0.1, 0.15) is 0 Å². The van der Waals surface area contributed by atoms with Gasteiger partial charge in [-0.1, -0.05) is 24.7 Å². The number of carboxylic acids is 5. The Morgan fingerprint density at radius 2 is 0.709 bits per heavy atom. The van der Waals surface area contributed by atoms with E-state index in [1.807, 2.05) is 0 Å². The number of carbonyl (C=O) groups is 5. The minimum atomic E-state index is -2.28. The molecule has 4 unspecified atom stereocenters. The van der Waals surface area contributed by atoms with Gasteiger partial charge in [-0.05, 0) is 17.9 Å². The van der Waals surface area contributed by atoms with Crippen LogP contribution in [0.25, 0.3) is 31.9 Å². The van der Waals surface area contributed by atoms with Crippen LogP contribution < -0.4 is 0 Å². The second-order valence-corrected chi connectivity index (χ2v) is 11.7. The maximum Gasteiger partial charge on any atom is 0.301 e. The van der Waals surface area contributed by atoms with Gasteiger partial charge in [0.15, 0.2) is 0 Å². The predicted molar refractivity (Wildman–Crippen MR) is 176 cm³/mol. The quantitative estimate of drug-likeness (QED) is 0.0381. The summed E-state index contributed by atoms with van der Waals surface area (Å²) in [4.78, 5) is 53.0. The minimum Gasteiger partial charge on any atom is -0.657 e. The van der Waals surface area contributed by atoms with Gasteiger partial charge in [0, 0.05) is 128 Å². The summed E-state index contributed by atoms with van der Waals surface area (Å²) in [6.45, 7) is 1.92. The van der Waals surface area contributed by atoms with Crippen molar-refractivity contribution in [3.05, 3.63) is 44.2 Å². The Morgan fingerprint density at radius 3 is 0.982 bits per heavy atom. The van der Waals surface area contributed by atoms with E-state index >= 15 is 0 Å². The first kappa shape index (κ1) is 58.3. The molecule has 312 valence electrons. The van der Waals surface area contributed by atoms with Crippen LogP contribution in [0.5, 0.6) is 0 Å². The number of hydrogen-bond acceptors (Lipinski definition) is 12. The first-order valence-corrected chi connectivity index (χ1v) is 15.8. The number of rotatable bonds is 24. The Hall–Kier alpha value is -0.980. The van der Waals surface area contributed by atoms with Gasteiger partial charge in [0.05, 0.1) is 11.9 Å². The van der Waals surface area contributed by atoms with Crippen LogP contribution in [0.4, 0.5) is 0 Å². The van der Waals surface area contributed by atoms with Crippen molar-refractivity contribution in [2.24, 2.45) is 0 Å². The molecule has 0 aromatic carbocycles. The monoisotopic (exact) mass is 1290 g/mol. The Balaban J connectivity index is -0.000000935. The summed E-state index contributed by atoms with van der Waals surface area (Å²) in [6, 6.07) is -5.07. The van der Waals surface area contributed by atoms with E-state index in [1.165, 1.54) is 0 Å². The molecule has 0 aromatic heterocycles. The molecule has 0 amide bonds. The largest absolute Gasteiger partial charge is 0.657 e. The Morgan fingerprint density at radius 1 is 0.455 bits per heavy atom. The first-order valence-electron chi connectivity index (χ1n) is 15.8. The van der Waals surface area contributed by atoms with Gasteiger partial charge in [-0.2, -0.15) is 0 Å². The van der Waals surface area contributed by atoms with E-state index in [9.17, 15) is 54.6 Å². The normalized spacial score (nSPS) is 29.3. The molecule has 2 fully saturated rings. The molecule has 26 heteroatoms. The molecule has 4 atom stereocenters. The summed E-state index contributed by atoms with van der Waals surface area (Å²) in [6.07, 6.45) is -8.06. The number of aliphatic carboxylic acids is 5. The Labute approximate surface area is 372 Å². The number of nitrogens with zero attached hydrogens (tertiary/aromatic N) is 6. The van der Waals surface area contributed by atoms with Gasteiger partial charge in [-0.3, -0.25) is 24.0 Å². The van der Waals surface area contributed by atoms with Gasteiger partial charge in [0.2, 0.25) is 0 Å². The predicted octanol–water partition coefficient (Wildman–Crippen LogP) is -1.63. The van der Waals surface area contributed by atoms with E-state index in [2.05, 4.69) is 38.5 Å². The standard InChI is InChI=1S/C15H24N3O9.C14H22N3O8.3Hf/c19-7(20)1-4-16-10-13(25)11(17-5-2-8(21)22)15(27)12(14(10)26)18-6-3-9(23)24;1-8(18)2-6-16-13(24)11(15-5-3-9(19)20)14(25,12(13)23)17-7-4-10(21)22;;;/h10-15,25-27H,1-6H2,(H,19,20)(H,21,22)(H,23,24);11-12,18,23-25H,1-7H2,(H,19,20)(H,21,22);;;/q2*-3;;;. The summed E-state index contributed by atoms with van der Waals surface area (Å²) < 4.78 is 0. The van der Waals surface area contributed by atoms with Crippen LogP contribution in [0.2, 0.25) is 0 Å². The number of aliphatic hydroxyl groups is 7. The van der Waals surface area contributed by atoms with Crippen LogP contribution in [0.1, 0.15) is 38.5 Å². The van der Waals surface area contributed by atoms with Gasteiger partial charge in [-0.15, -0.1) is 45.3 Å². The molecule has 12 N–H and O–H groups in total. The zero-order valence-corrected chi connectivity index (χ0v) is 40.2. The van der Waals surface area contributed by atoms with Crippen LogP contribution in [0.3, 0.4) is 0 Å². The van der Waals surface area contributed by atoms with E-state index in [0.29, 0.717) is 0 Å². The molecular formula is C29H46Hf3N6O17-6. The maximum atomic E-state index is 10.6. The first-order chi connectivity index (χ1) is 24.2. The number of carboxylic acid groups (broad SMARTS) is 5. The third kappa shape index (κ3) is 19.1. The zero-order valence-electron chi connectivity index (χ0n) is 29.4. The third-order valence-electron chi connectivity index (χ3n) is 7.80. The SMILES string of the molecule is C=C(O)CC[N-]C1(O)C(O)C(O)([N-]CCC(=O)O)C1[N-]CCC(=O)O.O=C(O)CC[N-]C1C(O)C([N-]CCC(=O)O)C(O)C([N-]CCC(=O)O)C1O.[Hf].[Hf].[Hf]. The van der Waals surface area contributed by atoms with Gasteiger partial charge < -0.3 is 93.2 Å². The molecular weight excluding hydrogens is 1240 g/mol. The maximum absolute atomic E-state index is 10.6. The van der Waals surface area contributed by atoms with E-state index in [1.54, 1.807) is 0 Å². The average Bonchev–Trinajstić information content (AvgIpc) is 3.03. The molecule has 0 aromatic rings. The molecule has 0 heterocycles. The van der Waals surface area contributed by atoms with Crippen molar-refractivity contribution in [1.82, 2.24) is 0 Å². The topological polar surface area (TPSA) is 413 Å². The Bertz CT molecular complexity index is 1110. The fourth-order valence-electron chi connectivity index (χ4n) is 5.21. The van der Waals surface area contributed by atoms with Gasteiger partial charge in [-0.25, -0.2) is 0 Å². The Kier molecular flexibility index (Phi) is 30.2. The van der Waals surface area contributed by atoms with Crippen molar-refractivity contribution in [2.45, 2.75) is 98.6 Å². The van der Waals surface area contributed by atoms with Crippen LogP contribution in [-0.4, -0.2) is 190 Å². The van der Waals surface area contributed by atoms with Crippen molar-refractivity contribution in [2.75, 3.05) is 39.3 Å². The zero-order chi connectivity index (χ0) is 39.8. The molecule has 0 aliphatic heterocycles. The molecule has 0 saturated heterocycles. The third-order valence-corrected chi connectivity index (χ3v) is 7.80. The van der Waals surface area contributed by atoms with E-state index in [0.717, 1.165) is 0 Å². The average molecular weight is 1290 g/mol. The molecule has 2 rings (SSSR count). The van der Waals surface area contributed by atoms with Crippen molar-refractivity contribution < 1.29 is 163 Å². The summed E-state index contributed by atoms with van der Waals surface area (Å²) >= 11 is 0. The molecule has 0 spiro atoms. The fraction of sp³-hybridized carbons (Fsp3) is 0.759. The van der Waals surface area contributed by atoms with Crippen molar-refractivity contribution >= 4 is 29.8 Å². The van der Waals surface area contributed by atoms with Crippen LogP contribution in [0, 0.1) is 0 Å². The summed E-state index contributed by atoms with van der Waals surface area (Å²) in [7, 11) is 0. The molecule has 55 heavy (non-hydrogen) atoms. The van der Waals surface area contributed by atoms with Gasteiger partial charge in [0.25, 0.3) is 0 Å².